The normalized spacial score (nSPS) is 21.6. The first kappa shape index (κ1) is 15.2. The average molecular weight is 294 g/mol. The van der Waals surface area contributed by atoms with Crippen LogP contribution in [0.25, 0.3) is 0 Å². The standard InChI is InChI=1S/C15H22N2O2S/c1-19-15(8-10-20-12-15)11-17-14(18)16-9-7-13-5-3-2-4-6-13/h2-6H,7-12H2,1H3,(H2,16,17,18)/t15-/m0/s1. The molecule has 0 bridgehead atoms. The number of thioether (sulfide) groups is 1. The fourth-order valence-electron chi connectivity index (χ4n) is 2.23. The van der Waals surface area contributed by atoms with Crippen molar-refractivity contribution in [1.29, 1.82) is 0 Å². The highest BCUT2D eigenvalue weighted by atomic mass is 32.2. The van der Waals surface area contributed by atoms with Gasteiger partial charge in [0.15, 0.2) is 0 Å². The smallest absolute Gasteiger partial charge is 0.314 e. The van der Waals surface area contributed by atoms with E-state index >= 15 is 0 Å². The second-order valence-corrected chi connectivity index (χ2v) is 6.14. The number of nitrogens with one attached hydrogen (secondary N) is 2. The summed E-state index contributed by atoms with van der Waals surface area (Å²) in [5, 5.41) is 5.80. The first-order chi connectivity index (χ1) is 9.74. The van der Waals surface area contributed by atoms with Gasteiger partial charge in [0.05, 0.1) is 5.60 Å². The zero-order valence-electron chi connectivity index (χ0n) is 11.9. The van der Waals surface area contributed by atoms with Crippen LogP contribution in [0, 0.1) is 0 Å². The number of urea groups is 1. The molecule has 2 rings (SSSR count). The van der Waals surface area contributed by atoms with Crippen LogP contribution in [-0.4, -0.2) is 43.3 Å². The number of carbonyl (C=O) groups is 1. The van der Waals surface area contributed by atoms with Crippen LogP contribution in [0.15, 0.2) is 30.3 Å². The second kappa shape index (κ2) is 7.55. The van der Waals surface area contributed by atoms with Gasteiger partial charge in [-0.3, -0.25) is 0 Å². The first-order valence-electron chi connectivity index (χ1n) is 6.93. The lowest BCUT2D eigenvalue weighted by molar-refractivity contribution is 0.0157. The van der Waals surface area contributed by atoms with Gasteiger partial charge in [0.2, 0.25) is 0 Å². The summed E-state index contributed by atoms with van der Waals surface area (Å²) in [6, 6.07) is 10.0. The Bertz CT molecular complexity index is 419. The average Bonchev–Trinajstić information content (AvgIpc) is 2.96. The van der Waals surface area contributed by atoms with Gasteiger partial charge in [0.1, 0.15) is 0 Å². The van der Waals surface area contributed by atoms with E-state index in [1.807, 2.05) is 30.0 Å². The monoisotopic (exact) mass is 294 g/mol. The van der Waals surface area contributed by atoms with Gasteiger partial charge in [0, 0.05) is 26.0 Å². The number of methoxy groups -OCH3 is 1. The van der Waals surface area contributed by atoms with E-state index in [1.54, 1.807) is 7.11 Å². The van der Waals surface area contributed by atoms with Gasteiger partial charge in [-0.2, -0.15) is 11.8 Å². The summed E-state index contributed by atoms with van der Waals surface area (Å²) in [6.07, 6.45) is 1.85. The number of ether oxygens (including phenoxy) is 1. The molecule has 1 heterocycles. The summed E-state index contributed by atoms with van der Waals surface area (Å²) in [5.41, 5.74) is 1.05. The number of benzene rings is 1. The highest BCUT2D eigenvalue weighted by Gasteiger charge is 2.34. The Labute approximate surface area is 124 Å². The Morgan fingerprint density at radius 1 is 1.35 bits per heavy atom. The minimum atomic E-state index is -0.179. The zero-order chi connectivity index (χ0) is 14.3. The molecular formula is C15H22N2O2S. The van der Waals surface area contributed by atoms with E-state index in [1.165, 1.54) is 5.56 Å². The lowest BCUT2D eigenvalue weighted by Crippen LogP contribution is -2.47. The van der Waals surface area contributed by atoms with Crippen molar-refractivity contribution in [2.75, 3.05) is 31.7 Å². The van der Waals surface area contributed by atoms with Gasteiger partial charge in [-0.15, -0.1) is 0 Å². The van der Waals surface area contributed by atoms with Crippen LogP contribution >= 0.6 is 11.8 Å². The van der Waals surface area contributed by atoms with E-state index in [2.05, 4.69) is 22.8 Å². The van der Waals surface area contributed by atoms with Gasteiger partial charge >= 0.3 is 6.03 Å². The molecule has 0 unspecified atom stereocenters. The quantitative estimate of drug-likeness (QED) is 0.844. The maximum Gasteiger partial charge on any atom is 0.314 e. The lowest BCUT2D eigenvalue weighted by atomic mass is 10.0. The molecule has 2 amide bonds. The Balaban J connectivity index is 1.65. The first-order valence-corrected chi connectivity index (χ1v) is 8.08. The van der Waals surface area contributed by atoms with Crippen LogP contribution < -0.4 is 10.6 Å². The van der Waals surface area contributed by atoms with Crippen LogP contribution in [0.1, 0.15) is 12.0 Å². The van der Waals surface area contributed by atoms with Crippen molar-refractivity contribution in [2.24, 2.45) is 0 Å². The minimum Gasteiger partial charge on any atom is -0.376 e. The van der Waals surface area contributed by atoms with Gasteiger partial charge in [-0.25, -0.2) is 4.79 Å². The van der Waals surface area contributed by atoms with E-state index in [0.29, 0.717) is 13.1 Å². The maximum atomic E-state index is 11.8. The largest absolute Gasteiger partial charge is 0.376 e. The molecule has 0 aliphatic carbocycles. The van der Waals surface area contributed by atoms with Crippen LogP contribution in [0.3, 0.4) is 0 Å². The molecule has 5 heteroatoms. The summed E-state index contributed by atoms with van der Waals surface area (Å²) in [7, 11) is 1.72. The third kappa shape index (κ3) is 4.42. The highest BCUT2D eigenvalue weighted by Crippen LogP contribution is 2.30. The van der Waals surface area contributed by atoms with E-state index in [9.17, 15) is 4.79 Å². The molecule has 1 aliphatic heterocycles. The molecule has 0 aromatic heterocycles. The summed E-state index contributed by atoms with van der Waals surface area (Å²) < 4.78 is 5.56. The van der Waals surface area contributed by atoms with Crippen molar-refractivity contribution in [2.45, 2.75) is 18.4 Å². The highest BCUT2D eigenvalue weighted by molar-refractivity contribution is 7.99. The lowest BCUT2D eigenvalue weighted by Gasteiger charge is -2.26. The molecule has 0 spiro atoms. The van der Waals surface area contributed by atoms with Crippen molar-refractivity contribution in [3.8, 4) is 0 Å². The number of carbonyl (C=O) groups excluding carboxylic acids is 1. The third-order valence-corrected chi connectivity index (χ3v) is 4.84. The molecule has 1 aliphatic rings. The van der Waals surface area contributed by atoms with Crippen LogP contribution in [0.2, 0.25) is 0 Å². The molecule has 1 saturated heterocycles. The molecule has 1 aromatic rings. The van der Waals surface area contributed by atoms with Gasteiger partial charge in [0.25, 0.3) is 0 Å². The predicted octanol–water partition coefficient (Wildman–Crippen LogP) is 2.05. The van der Waals surface area contributed by atoms with Gasteiger partial charge < -0.3 is 15.4 Å². The van der Waals surface area contributed by atoms with Crippen LogP contribution in [-0.2, 0) is 11.2 Å². The Morgan fingerprint density at radius 3 is 2.80 bits per heavy atom. The zero-order valence-corrected chi connectivity index (χ0v) is 12.7. The fraction of sp³-hybridized carbons (Fsp3) is 0.533. The van der Waals surface area contributed by atoms with Gasteiger partial charge in [-0.05, 0) is 24.2 Å². The summed E-state index contributed by atoms with van der Waals surface area (Å²) in [6.45, 7) is 1.22. The maximum absolute atomic E-state index is 11.8. The van der Waals surface area contributed by atoms with Crippen molar-refractivity contribution in [3.05, 3.63) is 35.9 Å². The second-order valence-electron chi connectivity index (χ2n) is 5.03. The van der Waals surface area contributed by atoms with Crippen LogP contribution in [0.4, 0.5) is 4.79 Å². The Hall–Kier alpha value is -1.20. The molecule has 0 saturated carbocycles. The molecule has 1 aromatic carbocycles. The Morgan fingerprint density at radius 2 is 2.15 bits per heavy atom. The Kier molecular flexibility index (Phi) is 5.73. The number of rotatable bonds is 6. The van der Waals surface area contributed by atoms with Crippen molar-refractivity contribution < 1.29 is 9.53 Å². The molecule has 0 radical (unpaired) electrons. The van der Waals surface area contributed by atoms with Crippen molar-refractivity contribution in [3.63, 3.8) is 0 Å². The number of hydrogen-bond donors (Lipinski definition) is 2. The predicted molar refractivity (Wildman–Crippen MR) is 83.2 cm³/mol. The van der Waals surface area contributed by atoms with Crippen molar-refractivity contribution in [1.82, 2.24) is 10.6 Å². The van der Waals surface area contributed by atoms with E-state index < -0.39 is 0 Å². The third-order valence-electron chi connectivity index (χ3n) is 3.61. The molecule has 1 atom stereocenters. The summed E-state index contributed by atoms with van der Waals surface area (Å²) >= 11 is 1.88. The SMILES string of the molecule is CO[C@]1(CNC(=O)NCCc2ccccc2)CCSC1. The molecule has 110 valence electrons. The molecule has 2 N–H and O–H groups in total. The minimum absolute atomic E-state index is 0.116. The molecule has 20 heavy (non-hydrogen) atoms. The molecule has 4 nitrogen and oxygen atoms in total. The topological polar surface area (TPSA) is 50.4 Å². The summed E-state index contributed by atoms with van der Waals surface area (Å²) in [5.74, 6) is 2.05. The number of amides is 2. The molecular weight excluding hydrogens is 272 g/mol. The number of hydrogen-bond acceptors (Lipinski definition) is 3. The van der Waals surface area contributed by atoms with Crippen molar-refractivity contribution >= 4 is 17.8 Å². The van der Waals surface area contributed by atoms with E-state index in [0.717, 1.165) is 24.3 Å². The van der Waals surface area contributed by atoms with E-state index in [-0.39, 0.29) is 11.6 Å². The molecule has 1 fully saturated rings. The summed E-state index contributed by atoms with van der Waals surface area (Å²) in [4.78, 5) is 11.8. The fourth-order valence-corrected chi connectivity index (χ4v) is 3.63. The van der Waals surface area contributed by atoms with Gasteiger partial charge in [-0.1, -0.05) is 30.3 Å². The van der Waals surface area contributed by atoms with Crippen LogP contribution in [0.5, 0.6) is 0 Å². The van der Waals surface area contributed by atoms with E-state index in [4.69, 9.17) is 4.74 Å².